The molecule has 3 aromatic rings. The van der Waals surface area contributed by atoms with Crippen LogP contribution in [-0.2, 0) is 4.79 Å². The van der Waals surface area contributed by atoms with E-state index in [2.05, 4.69) is 18.2 Å². The first-order valence-electron chi connectivity index (χ1n) is 8.45. The van der Waals surface area contributed by atoms with Gasteiger partial charge in [0.25, 0.3) is 5.91 Å². The van der Waals surface area contributed by atoms with Crippen molar-refractivity contribution in [2.75, 3.05) is 0 Å². The third-order valence-electron chi connectivity index (χ3n) is 4.60. The molecule has 0 unspecified atom stereocenters. The number of benzene rings is 3. The van der Waals surface area contributed by atoms with Gasteiger partial charge >= 0.3 is 0 Å². The number of nitrogens with zero attached hydrogens (tertiary/aromatic N) is 1. The summed E-state index contributed by atoms with van der Waals surface area (Å²) in [5, 5.41) is 2.30. The molecule has 3 aromatic carbocycles. The van der Waals surface area contributed by atoms with E-state index in [1.807, 2.05) is 67.6 Å². The minimum absolute atomic E-state index is 0.0238. The zero-order chi connectivity index (χ0) is 18.1. The summed E-state index contributed by atoms with van der Waals surface area (Å²) in [4.78, 5) is 15.4. The maximum Gasteiger partial charge on any atom is 0.266 e. The van der Waals surface area contributed by atoms with Crippen LogP contribution in [0.2, 0.25) is 0 Å². The van der Waals surface area contributed by atoms with E-state index in [4.69, 9.17) is 12.2 Å². The summed E-state index contributed by atoms with van der Waals surface area (Å²) in [5.74, 6) is -0.0238. The van der Waals surface area contributed by atoms with Crippen molar-refractivity contribution in [2.24, 2.45) is 0 Å². The van der Waals surface area contributed by atoms with Gasteiger partial charge < -0.3 is 0 Å². The molecule has 0 N–H and O–H groups in total. The van der Waals surface area contributed by atoms with E-state index in [9.17, 15) is 4.79 Å². The number of hydrogen-bond acceptors (Lipinski definition) is 3. The second-order valence-corrected chi connectivity index (χ2v) is 7.88. The molecule has 1 aliphatic heterocycles. The fraction of sp³-hybridized carbons (Fsp3) is 0.0909. The summed E-state index contributed by atoms with van der Waals surface area (Å²) >= 11 is 6.89. The second kappa shape index (κ2) is 7.06. The molecule has 26 heavy (non-hydrogen) atoms. The molecule has 1 fully saturated rings. The number of rotatable bonds is 3. The van der Waals surface area contributed by atoms with Gasteiger partial charge in [-0.3, -0.25) is 9.69 Å². The van der Waals surface area contributed by atoms with Crippen LogP contribution in [0.3, 0.4) is 0 Å². The standard InChI is InChI=1S/C22H17NOS2/c1-15(16-8-3-2-4-9-16)23-21(24)20(26-22(23)25)14-18-12-7-11-17-10-5-6-13-19(17)18/h2-15H,1H3/b20-14+/t15-/m0/s1. The van der Waals surface area contributed by atoms with Crippen LogP contribution in [0.5, 0.6) is 0 Å². The predicted octanol–water partition coefficient (Wildman–Crippen LogP) is 5.80. The van der Waals surface area contributed by atoms with Gasteiger partial charge in [-0.15, -0.1) is 0 Å². The Hall–Kier alpha value is -2.43. The number of fused-ring (bicyclic) bond motifs is 1. The van der Waals surface area contributed by atoms with Gasteiger partial charge in [0, 0.05) is 0 Å². The molecule has 1 aliphatic rings. The first-order valence-corrected chi connectivity index (χ1v) is 9.67. The van der Waals surface area contributed by atoms with Gasteiger partial charge in [-0.1, -0.05) is 96.8 Å². The smallest absolute Gasteiger partial charge is 0.266 e. The van der Waals surface area contributed by atoms with Crippen molar-refractivity contribution >= 4 is 51.1 Å². The molecule has 4 heteroatoms. The van der Waals surface area contributed by atoms with Crippen LogP contribution in [0.1, 0.15) is 24.1 Å². The van der Waals surface area contributed by atoms with Crippen LogP contribution in [0.25, 0.3) is 16.8 Å². The van der Waals surface area contributed by atoms with E-state index in [1.54, 1.807) is 4.90 Å². The Kier molecular flexibility index (Phi) is 4.62. The first-order chi connectivity index (χ1) is 12.6. The third-order valence-corrected chi connectivity index (χ3v) is 5.93. The van der Waals surface area contributed by atoms with Gasteiger partial charge in [0.15, 0.2) is 0 Å². The van der Waals surface area contributed by atoms with Crippen molar-refractivity contribution in [3.05, 3.63) is 88.8 Å². The number of hydrogen-bond donors (Lipinski definition) is 0. The monoisotopic (exact) mass is 375 g/mol. The van der Waals surface area contributed by atoms with Crippen molar-refractivity contribution in [1.29, 1.82) is 0 Å². The van der Waals surface area contributed by atoms with Crippen LogP contribution < -0.4 is 0 Å². The quantitative estimate of drug-likeness (QED) is 0.426. The largest absolute Gasteiger partial charge is 0.286 e. The topological polar surface area (TPSA) is 20.3 Å². The Labute approximate surface area is 162 Å². The van der Waals surface area contributed by atoms with Crippen molar-refractivity contribution in [3.63, 3.8) is 0 Å². The van der Waals surface area contributed by atoms with Crippen molar-refractivity contribution in [1.82, 2.24) is 4.90 Å². The van der Waals surface area contributed by atoms with Crippen LogP contribution in [0.4, 0.5) is 0 Å². The van der Waals surface area contributed by atoms with Gasteiger partial charge in [0.05, 0.1) is 10.9 Å². The molecule has 1 atom stereocenters. The second-order valence-electron chi connectivity index (χ2n) is 6.21. The maximum absolute atomic E-state index is 13.0. The maximum atomic E-state index is 13.0. The lowest BCUT2D eigenvalue weighted by Crippen LogP contribution is -2.30. The van der Waals surface area contributed by atoms with Crippen LogP contribution in [0, 0.1) is 0 Å². The number of carbonyl (C=O) groups excluding carboxylic acids is 1. The van der Waals surface area contributed by atoms with Gasteiger partial charge in [0.2, 0.25) is 0 Å². The molecule has 0 spiro atoms. The Morgan fingerprint density at radius 3 is 2.46 bits per heavy atom. The fourth-order valence-electron chi connectivity index (χ4n) is 3.21. The number of carbonyl (C=O) groups is 1. The van der Waals surface area contributed by atoms with Crippen molar-refractivity contribution < 1.29 is 4.79 Å². The van der Waals surface area contributed by atoms with Gasteiger partial charge in [0.1, 0.15) is 4.32 Å². The summed E-state index contributed by atoms with van der Waals surface area (Å²) in [6.07, 6.45) is 1.96. The van der Waals surface area contributed by atoms with Crippen molar-refractivity contribution in [2.45, 2.75) is 13.0 Å². The minimum Gasteiger partial charge on any atom is -0.286 e. The van der Waals surface area contributed by atoms with Gasteiger partial charge in [-0.05, 0) is 34.9 Å². The molecule has 2 nitrogen and oxygen atoms in total. The molecule has 1 amide bonds. The Balaban J connectivity index is 1.70. The van der Waals surface area contributed by atoms with E-state index in [0.717, 1.165) is 21.9 Å². The van der Waals surface area contributed by atoms with Crippen molar-refractivity contribution in [3.8, 4) is 0 Å². The highest BCUT2D eigenvalue weighted by atomic mass is 32.2. The first kappa shape index (κ1) is 17.0. The zero-order valence-electron chi connectivity index (χ0n) is 14.3. The molecule has 4 rings (SSSR count). The molecule has 1 saturated heterocycles. The van der Waals surface area contributed by atoms with Gasteiger partial charge in [-0.25, -0.2) is 0 Å². The third kappa shape index (κ3) is 3.06. The van der Waals surface area contributed by atoms with E-state index in [0.29, 0.717) is 9.23 Å². The average Bonchev–Trinajstić information content (AvgIpc) is 2.95. The highest BCUT2D eigenvalue weighted by Gasteiger charge is 2.35. The lowest BCUT2D eigenvalue weighted by atomic mass is 10.0. The zero-order valence-corrected chi connectivity index (χ0v) is 15.9. The molecular weight excluding hydrogens is 358 g/mol. The average molecular weight is 376 g/mol. The fourth-order valence-corrected chi connectivity index (χ4v) is 4.62. The minimum atomic E-state index is -0.0814. The summed E-state index contributed by atoms with van der Waals surface area (Å²) in [6, 6.07) is 24.2. The number of thiocarbonyl (C=S) groups is 1. The van der Waals surface area contributed by atoms with Gasteiger partial charge in [-0.2, -0.15) is 0 Å². The molecular formula is C22H17NOS2. The van der Waals surface area contributed by atoms with E-state index in [-0.39, 0.29) is 11.9 Å². The normalized spacial score (nSPS) is 17.3. The molecule has 0 radical (unpaired) electrons. The highest BCUT2D eigenvalue weighted by molar-refractivity contribution is 8.26. The molecule has 0 aliphatic carbocycles. The van der Waals surface area contributed by atoms with E-state index in [1.165, 1.54) is 11.8 Å². The lowest BCUT2D eigenvalue weighted by Gasteiger charge is -2.23. The van der Waals surface area contributed by atoms with E-state index < -0.39 is 0 Å². The SMILES string of the molecule is C[C@@H](c1ccccc1)N1C(=O)/C(=C\c2cccc3ccccc23)SC1=S. The Bertz CT molecular complexity index is 1020. The number of amides is 1. The van der Waals surface area contributed by atoms with Crippen LogP contribution in [0.15, 0.2) is 77.7 Å². The summed E-state index contributed by atoms with van der Waals surface area (Å²) in [5.41, 5.74) is 2.12. The lowest BCUT2D eigenvalue weighted by molar-refractivity contribution is -0.123. The molecule has 0 aromatic heterocycles. The van der Waals surface area contributed by atoms with E-state index >= 15 is 0 Å². The molecule has 0 saturated carbocycles. The molecule has 128 valence electrons. The number of thioether (sulfide) groups is 1. The van der Waals surface area contributed by atoms with Crippen LogP contribution in [-0.4, -0.2) is 15.1 Å². The molecule has 0 bridgehead atoms. The summed E-state index contributed by atoms with van der Waals surface area (Å²) < 4.78 is 0.609. The summed E-state index contributed by atoms with van der Waals surface area (Å²) in [7, 11) is 0. The summed E-state index contributed by atoms with van der Waals surface area (Å²) in [6.45, 7) is 2.01. The highest BCUT2D eigenvalue weighted by Crippen LogP contribution is 2.38. The van der Waals surface area contributed by atoms with Crippen LogP contribution >= 0.6 is 24.0 Å². The predicted molar refractivity (Wildman–Crippen MR) is 114 cm³/mol. The Morgan fingerprint density at radius 1 is 0.962 bits per heavy atom. The Morgan fingerprint density at radius 2 is 1.65 bits per heavy atom. The molecule has 1 heterocycles.